The van der Waals surface area contributed by atoms with E-state index in [2.05, 4.69) is 9.71 Å². The van der Waals surface area contributed by atoms with Gasteiger partial charge in [0.25, 0.3) is 0 Å². The topological polar surface area (TPSA) is 85.1 Å². The highest BCUT2D eigenvalue weighted by Crippen LogP contribution is 2.09. The van der Waals surface area contributed by atoms with Gasteiger partial charge in [0.15, 0.2) is 0 Å². The first kappa shape index (κ1) is 15.6. The lowest BCUT2D eigenvalue weighted by atomic mass is 10.2. The molecule has 0 aliphatic rings. The van der Waals surface area contributed by atoms with E-state index < -0.39 is 10.0 Å². The molecule has 0 fully saturated rings. The van der Waals surface area contributed by atoms with Crippen LogP contribution < -0.4 is 10.5 Å². The number of pyridine rings is 1. The molecule has 0 saturated heterocycles. The molecule has 1 aromatic carbocycles. The van der Waals surface area contributed by atoms with Gasteiger partial charge >= 0.3 is 0 Å². The third-order valence-corrected chi connectivity index (χ3v) is 4.48. The maximum Gasteiger partial charge on any atom is 0.242 e. The molecule has 0 bridgehead atoms. The van der Waals surface area contributed by atoms with Gasteiger partial charge in [-0.3, -0.25) is 4.98 Å². The SMILES string of the molecule is Cc1ccc(CNS(=O)(=O)c2ccc(C(N)=S)nc2)cc1. The fraction of sp³-hybridized carbons (Fsp3) is 0.143. The second-order valence-corrected chi connectivity index (χ2v) is 6.76. The molecule has 0 radical (unpaired) electrons. The molecule has 0 spiro atoms. The van der Waals surface area contributed by atoms with E-state index in [4.69, 9.17) is 18.0 Å². The van der Waals surface area contributed by atoms with Crippen molar-refractivity contribution in [2.45, 2.75) is 18.4 Å². The number of sulfonamides is 1. The Morgan fingerprint density at radius 3 is 2.43 bits per heavy atom. The van der Waals surface area contributed by atoms with Crippen molar-refractivity contribution in [2.75, 3.05) is 0 Å². The van der Waals surface area contributed by atoms with E-state index in [0.29, 0.717) is 5.69 Å². The minimum absolute atomic E-state index is 0.0783. The van der Waals surface area contributed by atoms with Gasteiger partial charge in [-0.2, -0.15) is 0 Å². The summed E-state index contributed by atoms with van der Waals surface area (Å²) in [5.41, 5.74) is 7.83. The number of benzene rings is 1. The summed E-state index contributed by atoms with van der Waals surface area (Å²) >= 11 is 4.77. The van der Waals surface area contributed by atoms with Crippen LogP contribution in [-0.4, -0.2) is 18.4 Å². The monoisotopic (exact) mass is 321 g/mol. The van der Waals surface area contributed by atoms with E-state index in [1.807, 2.05) is 31.2 Å². The second kappa shape index (κ2) is 6.30. The number of nitrogens with two attached hydrogens (primary N) is 1. The van der Waals surface area contributed by atoms with Crippen LogP contribution in [0, 0.1) is 6.92 Å². The normalized spacial score (nSPS) is 11.3. The molecule has 0 amide bonds. The average Bonchev–Trinajstić information content (AvgIpc) is 2.47. The summed E-state index contributed by atoms with van der Waals surface area (Å²) in [6.07, 6.45) is 1.24. The van der Waals surface area contributed by atoms with Crippen LogP contribution in [0.5, 0.6) is 0 Å². The number of hydrogen-bond donors (Lipinski definition) is 2. The minimum atomic E-state index is -3.61. The Hall–Kier alpha value is -1.83. The van der Waals surface area contributed by atoms with Gasteiger partial charge in [0.2, 0.25) is 10.0 Å². The van der Waals surface area contributed by atoms with Gasteiger partial charge in [-0.05, 0) is 24.6 Å². The largest absolute Gasteiger partial charge is 0.388 e. The van der Waals surface area contributed by atoms with Crippen LogP contribution >= 0.6 is 12.2 Å². The maximum atomic E-state index is 12.1. The summed E-state index contributed by atoms with van der Waals surface area (Å²) in [7, 11) is -3.61. The number of rotatable bonds is 5. The number of hydrogen-bond acceptors (Lipinski definition) is 4. The first-order chi connectivity index (χ1) is 9.88. The summed E-state index contributed by atoms with van der Waals surface area (Å²) in [5.74, 6) is 0. The van der Waals surface area contributed by atoms with Crippen LogP contribution in [0.4, 0.5) is 0 Å². The number of aromatic nitrogens is 1. The first-order valence-electron chi connectivity index (χ1n) is 6.19. The van der Waals surface area contributed by atoms with Crippen LogP contribution in [0.15, 0.2) is 47.5 Å². The smallest absolute Gasteiger partial charge is 0.242 e. The Morgan fingerprint density at radius 1 is 1.24 bits per heavy atom. The van der Waals surface area contributed by atoms with E-state index in [-0.39, 0.29) is 16.4 Å². The molecule has 0 aliphatic carbocycles. The molecule has 0 unspecified atom stereocenters. The highest BCUT2D eigenvalue weighted by atomic mass is 32.2. The van der Waals surface area contributed by atoms with Crippen LogP contribution in [0.25, 0.3) is 0 Å². The lowest BCUT2D eigenvalue weighted by molar-refractivity contribution is 0.581. The van der Waals surface area contributed by atoms with Crippen molar-refractivity contribution in [3.8, 4) is 0 Å². The lowest BCUT2D eigenvalue weighted by Crippen LogP contribution is -2.23. The molecule has 1 heterocycles. The summed E-state index contributed by atoms with van der Waals surface area (Å²) in [6.45, 7) is 2.20. The Balaban J connectivity index is 2.11. The Morgan fingerprint density at radius 2 is 1.90 bits per heavy atom. The van der Waals surface area contributed by atoms with Crippen LogP contribution in [0.3, 0.4) is 0 Å². The molecule has 0 aliphatic heterocycles. The molecule has 1 aromatic heterocycles. The molecule has 0 saturated carbocycles. The predicted molar refractivity (Wildman–Crippen MR) is 85.3 cm³/mol. The molecule has 0 atom stereocenters. The quantitative estimate of drug-likeness (QED) is 0.815. The molecule has 2 rings (SSSR count). The van der Waals surface area contributed by atoms with Gasteiger partial charge in [0.1, 0.15) is 9.88 Å². The average molecular weight is 321 g/mol. The molecular formula is C14H15N3O2S2. The van der Waals surface area contributed by atoms with Crippen LogP contribution in [-0.2, 0) is 16.6 Å². The molecule has 110 valence electrons. The van der Waals surface area contributed by atoms with Crippen molar-refractivity contribution in [3.05, 3.63) is 59.4 Å². The zero-order valence-corrected chi connectivity index (χ0v) is 13.0. The first-order valence-corrected chi connectivity index (χ1v) is 8.09. The molecule has 2 aromatic rings. The van der Waals surface area contributed by atoms with Gasteiger partial charge in [-0.25, -0.2) is 13.1 Å². The highest BCUT2D eigenvalue weighted by molar-refractivity contribution is 7.89. The number of nitrogens with zero attached hydrogens (tertiary/aromatic N) is 1. The van der Waals surface area contributed by atoms with Crippen molar-refractivity contribution in [2.24, 2.45) is 5.73 Å². The third kappa shape index (κ3) is 4.07. The van der Waals surface area contributed by atoms with E-state index >= 15 is 0 Å². The van der Waals surface area contributed by atoms with Gasteiger partial charge in [-0.15, -0.1) is 0 Å². The molecule has 5 nitrogen and oxygen atoms in total. The van der Waals surface area contributed by atoms with Crippen LogP contribution in [0.1, 0.15) is 16.8 Å². The summed E-state index contributed by atoms with van der Waals surface area (Å²) < 4.78 is 26.8. The van der Waals surface area contributed by atoms with Gasteiger partial charge in [0.05, 0.1) is 5.69 Å². The Labute approximate surface area is 129 Å². The van der Waals surface area contributed by atoms with Crippen molar-refractivity contribution in [3.63, 3.8) is 0 Å². The molecule has 3 N–H and O–H groups in total. The zero-order valence-electron chi connectivity index (χ0n) is 11.4. The fourth-order valence-corrected chi connectivity index (χ4v) is 2.74. The predicted octanol–water partition coefficient (Wildman–Crippen LogP) is 1.50. The van der Waals surface area contributed by atoms with Crippen LogP contribution in [0.2, 0.25) is 0 Å². The van der Waals surface area contributed by atoms with Gasteiger partial charge < -0.3 is 5.73 Å². The lowest BCUT2D eigenvalue weighted by Gasteiger charge is -2.07. The summed E-state index contributed by atoms with van der Waals surface area (Å²) in [6, 6.07) is 10.5. The van der Waals surface area contributed by atoms with Crippen molar-refractivity contribution >= 4 is 27.2 Å². The van der Waals surface area contributed by atoms with E-state index in [9.17, 15) is 8.42 Å². The maximum absolute atomic E-state index is 12.1. The third-order valence-electron chi connectivity index (χ3n) is 2.89. The minimum Gasteiger partial charge on any atom is -0.388 e. The fourth-order valence-electron chi connectivity index (χ4n) is 1.65. The van der Waals surface area contributed by atoms with Crippen molar-refractivity contribution < 1.29 is 8.42 Å². The molecule has 21 heavy (non-hydrogen) atoms. The summed E-state index contributed by atoms with van der Waals surface area (Å²) in [4.78, 5) is 4.14. The van der Waals surface area contributed by atoms with E-state index in [0.717, 1.165) is 11.1 Å². The number of nitrogens with one attached hydrogen (secondary N) is 1. The van der Waals surface area contributed by atoms with Gasteiger partial charge in [0, 0.05) is 12.7 Å². The van der Waals surface area contributed by atoms with Gasteiger partial charge in [-0.1, -0.05) is 42.0 Å². The number of thiocarbonyl (C=S) groups is 1. The van der Waals surface area contributed by atoms with E-state index in [1.165, 1.54) is 18.3 Å². The van der Waals surface area contributed by atoms with Crippen molar-refractivity contribution in [1.82, 2.24) is 9.71 Å². The Kier molecular flexibility index (Phi) is 4.66. The zero-order chi connectivity index (χ0) is 15.5. The Bertz CT molecular complexity index is 739. The summed E-state index contributed by atoms with van der Waals surface area (Å²) in [5, 5.41) is 0. The second-order valence-electron chi connectivity index (χ2n) is 4.55. The number of aryl methyl sites for hydroxylation is 1. The standard InChI is InChI=1S/C14H15N3O2S2/c1-10-2-4-11(5-3-10)8-17-21(18,19)12-6-7-13(14(15)20)16-9-12/h2-7,9,17H,8H2,1H3,(H2,15,20). The van der Waals surface area contributed by atoms with Crippen molar-refractivity contribution in [1.29, 1.82) is 0 Å². The molecule has 7 heteroatoms. The molecular weight excluding hydrogens is 306 g/mol. The highest BCUT2D eigenvalue weighted by Gasteiger charge is 2.14. The van der Waals surface area contributed by atoms with E-state index in [1.54, 1.807) is 0 Å².